The second-order valence-electron chi connectivity index (χ2n) is 6.19. The first kappa shape index (κ1) is 18.0. The number of rotatable bonds is 5. The van der Waals surface area contributed by atoms with E-state index >= 15 is 0 Å². The topological polar surface area (TPSA) is 84.5 Å². The molecule has 1 saturated heterocycles. The van der Waals surface area contributed by atoms with E-state index < -0.39 is 5.97 Å². The highest BCUT2D eigenvalue weighted by molar-refractivity contribution is 5.87. The summed E-state index contributed by atoms with van der Waals surface area (Å²) >= 11 is 0. The predicted molar refractivity (Wildman–Crippen MR) is 94.7 cm³/mol. The van der Waals surface area contributed by atoms with Gasteiger partial charge in [0.05, 0.1) is 6.61 Å². The Morgan fingerprint density at radius 2 is 1.92 bits per heavy atom. The molecule has 1 aliphatic heterocycles. The number of hydrogen-bond donors (Lipinski definition) is 1. The van der Waals surface area contributed by atoms with E-state index in [0.717, 1.165) is 24.2 Å². The van der Waals surface area contributed by atoms with Crippen LogP contribution >= 0.6 is 0 Å². The van der Waals surface area contributed by atoms with Crippen molar-refractivity contribution in [3.05, 3.63) is 53.6 Å². The highest BCUT2D eigenvalue weighted by Gasteiger charge is 2.27. The van der Waals surface area contributed by atoms with Gasteiger partial charge in [-0.2, -0.15) is 0 Å². The van der Waals surface area contributed by atoms with Crippen LogP contribution in [0.3, 0.4) is 0 Å². The van der Waals surface area contributed by atoms with Crippen molar-refractivity contribution in [2.75, 3.05) is 19.7 Å². The third kappa shape index (κ3) is 4.41. The molecule has 0 radical (unpaired) electrons. The lowest BCUT2D eigenvalue weighted by molar-refractivity contribution is 0.0520. The molecule has 0 bridgehead atoms. The Balaban J connectivity index is 1.48. The van der Waals surface area contributed by atoms with Gasteiger partial charge in [-0.05, 0) is 25.3 Å². The van der Waals surface area contributed by atoms with Crippen molar-refractivity contribution in [1.29, 1.82) is 0 Å². The minimum absolute atomic E-state index is 0.191. The lowest BCUT2D eigenvalue weighted by Crippen LogP contribution is -2.38. The van der Waals surface area contributed by atoms with E-state index in [9.17, 15) is 9.59 Å². The van der Waals surface area contributed by atoms with Crippen molar-refractivity contribution < 1.29 is 19.1 Å². The summed E-state index contributed by atoms with van der Waals surface area (Å²) in [6, 6.07) is 9.62. The Labute approximate surface area is 152 Å². The Hall–Kier alpha value is -2.83. The molecule has 2 aromatic rings. The molecule has 1 aliphatic rings. The Kier molecular flexibility index (Phi) is 5.88. The number of nitrogens with one attached hydrogen (secondary N) is 1. The quantitative estimate of drug-likeness (QED) is 0.831. The Bertz CT molecular complexity index is 736. The second-order valence-corrected chi connectivity index (χ2v) is 6.19. The van der Waals surface area contributed by atoms with Crippen molar-refractivity contribution in [2.24, 2.45) is 0 Å². The van der Waals surface area contributed by atoms with Crippen LogP contribution in [0.2, 0.25) is 0 Å². The number of amides is 1. The van der Waals surface area contributed by atoms with Crippen LogP contribution in [0.4, 0.5) is 4.79 Å². The van der Waals surface area contributed by atoms with Crippen molar-refractivity contribution >= 4 is 12.1 Å². The molecule has 0 unspecified atom stereocenters. The molecular formula is C19H23N3O4. The molecule has 1 aromatic carbocycles. The largest absolute Gasteiger partial charge is 0.461 e. The fourth-order valence-corrected chi connectivity index (χ4v) is 3.00. The zero-order valence-electron chi connectivity index (χ0n) is 14.8. The normalized spacial score (nSPS) is 14.9. The fourth-order valence-electron chi connectivity index (χ4n) is 3.00. The van der Waals surface area contributed by atoms with Gasteiger partial charge in [0, 0.05) is 25.2 Å². The van der Waals surface area contributed by atoms with Crippen LogP contribution in [-0.2, 0) is 16.1 Å². The van der Waals surface area contributed by atoms with Crippen LogP contribution in [-0.4, -0.2) is 46.6 Å². The second kappa shape index (κ2) is 8.51. The van der Waals surface area contributed by atoms with Gasteiger partial charge in [-0.15, -0.1) is 0 Å². The minimum atomic E-state index is -0.420. The van der Waals surface area contributed by atoms with Crippen LogP contribution in [0, 0.1) is 0 Å². The van der Waals surface area contributed by atoms with Crippen LogP contribution in [0.15, 0.2) is 36.5 Å². The molecule has 3 rings (SSSR count). The number of aromatic amines is 1. The molecule has 0 spiro atoms. The summed E-state index contributed by atoms with van der Waals surface area (Å²) in [5.41, 5.74) is 1.27. The first-order valence-electron chi connectivity index (χ1n) is 8.85. The van der Waals surface area contributed by atoms with Gasteiger partial charge in [-0.3, -0.25) is 0 Å². The number of esters is 1. The van der Waals surface area contributed by atoms with Crippen LogP contribution in [0.5, 0.6) is 0 Å². The van der Waals surface area contributed by atoms with Gasteiger partial charge in [0.1, 0.15) is 12.4 Å². The first-order chi connectivity index (χ1) is 12.7. The van der Waals surface area contributed by atoms with Gasteiger partial charge in [-0.1, -0.05) is 30.3 Å². The van der Waals surface area contributed by atoms with E-state index in [0.29, 0.717) is 25.4 Å². The number of imidazole rings is 1. The number of aromatic nitrogens is 2. The third-order valence-corrected chi connectivity index (χ3v) is 4.43. The van der Waals surface area contributed by atoms with Crippen LogP contribution in [0.25, 0.3) is 0 Å². The van der Waals surface area contributed by atoms with Gasteiger partial charge in [-0.25, -0.2) is 14.6 Å². The molecule has 138 valence electrons. The molecule has 0 atom stereocenters. The summed E-state index contributed by atoms with van der Waals surface area (Å²) in [7, 11) is 0. The molecule has 1 N–H and O–H groups in total. The Morgan fingerprint density at radius 3 is 2.62 bits per heavy atom. The van der Waals surface area contributed by atoms with Crippen molar-refractivity contribution in [3.63, 3.8) is 0 Å². The molecule has 1 aromatic heterocycles. The number of hydrogen-bond acceptors (Lipinski definition) is 5. The molecule has 0 saturated carbocycles. The predicted octanol–water partition coefficient (Wildman–Crippen LogP) is 3.10. The number of ether oxygens (including phenoxy) is 2. The molecule has 7 heteroatoms. The summed E-state index contributed by atoms with van der Waals surface area (Å²) in [5, 5.41) is 0. The lowest BCUT2D eigenvalue weighted by atomic mass is 9.96. The Morgan fingerprint density at radius 1 is 1.19 bits per heavy atom. The maximum absolute atomic E-state index is 12.2. The summed E-state index contributed by atoms with van der Waals surface area (Å²) < 4.78 is 10.3. The van der Waals surface area contributed by atoms with E-state index in [-0.39, 0.29) is 18.6 Å². The average molecular weight is 357 g/mol. The van der Waals surface area contributed by atoms with E-state index in [2.05, 4.69) is 9.97 Å². The van der Waals surface area contributed by atoms with Crippen LogP contribution in [0.1, 0.15) is 47.6 Å². The highest BCUT2D eigenvalue weighted by atomic mass is 16.6. The van der Waals surface area contributed by atoms with Crippen molar-refractivity contribution in [3.8, 4) is 0 Å². The van der Waals surface area contributed by atoms with Crippen molar-refractivity contribution in [1.82, 2.24) is 14.9 Å². The number of benzene rings is 1. The zero-order valence-corrected chi connectivity index (χ0v) is 14.8. The molecule has 7 nitrogen and oxygen atoms in total. The summed E-state index contributed by atoms with van der Waals surface area (Å²) in [6.45, 7) is 3.57. The average Bonchev–Trinajstić information content (AvgIpc) is 3.18. The summed E-state index contributed by atoms with van der Waals surface area (Å²) in [5.74, 6) is 0.540. The van der Waals surface area contributed by atoms with E-state index in [1.165, 1.54) is 0 Å². The monoisotopic (exact) mass is 357 g/mol. The van der Waals surface area contributed by atoms with E-state index in [1.807, 2.05) is 30.3 Å². The van der Waals surface area contributed by atoms with E-state index in [1.54, 1.807) is 18.0 Å². The summed E-state index contributed by atoms with van der Waals surface area (Å²) in [4.78, 5) is 33.0. The first-order valence-corrected chi connectivity index (χ1v) is 8.85. The highest BCUT2D eigenvalue weighted by Crippen LogP contribution is 2.26. The number of carbonyl (C=O) groups is 2. The summed E-state index contributed by atoms with van der Waals surface area (Å²) in [6.07, 6.45) is 2.83. The van der Waals surface area contributed by atoms with Gasteiger partial charge in [0.2, 0.25) is 0 Å². The minimum Gasteiger partial charge on any atom is -0.461 e. The third-order valence-electron chi connectivity index (χ3n) is 4.43. The maximum Gasteiger partial charge on any atom is 0.410 e. The molecule has 2 heterocycles. The fraction of sp³-hybridized carbons (Fsp3) is 0.421. The number of H-pyrrole nitrogens is 1. The number of likely N-dealkylation sites (tertiary alicyclic amines) is 1. The smallest absolute Gasteiger partial charge is 0.410 e. The van der Waals surface area contributed by atoms with Crippen molar-refractivity contribution in [2.45, 2.75) is 32.3 Å². The standard InChI is InChI=1S/C19H23N3O4/c1-2-25-18(23)16-12-20-17(21-16)15-8-10-22(11-9-15)19(24)26-13-14-6-4-3-5-7-14/h3-7,12,15H,2,8-11,13H2,1H3,(H,20,21). The molecule has 1 amide bonds. The lowest BCUT2D eigenvalue weighted by Gasteiger charge is -2.30. The zero-order chi connectivity index (χ0) is 18.4. The van der Waals surface area contributed by atoms with E-state index in [4.69, 9.17) is 9.47 Å². The number of piperidine rings is 1. The molecular weight excluding hydrogens is 334 g/mol. The van der Waals surface area contributed by atoms with Gasteiger partial charge < -0.3 is 19.4 Å². The number of nitrogens with zero attached hydrogens (tertiary/aromatic N) is 2. The molecule has 0 aliphatic carbocycles. The van der Waals surface area contributed by atoms with Crippen LogP contribution < -0.4 is 0 Å². The van der Waals surface area contributed by atoms with Gasteiger partial charge >= 0.3 is 12.1 Å². The SMILES string of the molecule is CCOC(=O)c1c[nH]c(C2CCN(C(=O)OCc3ccccc3)CC2)n1. The molecule has 26 heavy (non-hydrogen) atoms. The van der Waals surface area contributed by atoms with Gasteiger partial charge in [0.15, 0.2) is 5.69 Å². The number of carbonyl (C=O) groups excluding carboxylic acids is 2. The van der Waals surface area contributed by atoms with Gasteiger partial charge in [0.25, 0.3) is 0 Å². The maximum atomic E-state index is 12.2. The molecule has 1 fully saturated rings.